The lowest BCUT2D eigenvalue weighted by molar-refractivity contribution is 0.619. The number of rotatable bonds is 11. The van der Waals surface area contributed by atoms with Crippen LogP contribution >= 0.6 is 0 Å². The quantitative estimate of drug-likeness (QED) is 0.129. The zero-order chi connectivity index (χ0) is 65.8. The summed E-state index contributed by atoms with van der Waals surface area (Å²) < 4.78 is 17.1. The maximum absolute atomic E-state index is 6.28. The zero-order valence-electron chi connectivity index (χ0n) is 54.2. The Kier molecular flexibility index (Phi) is 14.7. The Hall–Kier alpha value is -13.2. The molecule has 6 nitrogen and oxygen atoms in total. The van der Waals surface area contributed by atoms with Crippen LogP contribution in [-0.2, 0) is 0 Å². The summed E-state index contributed by atoms with van der Waals surface area (Å²) in [5.41, 5.74) is 29.9. The molecule has 0 bridgehead atoms. The third-order valence-corrected chi connectivity index (χ3v) is 19.3. The van der Waals surface area contributed by atoms with Crippen LogP contribution < -0.4 is 0 Å². The topological polar surface area (TPSA) is 61.9 Å². The number of fused-ring (bicyclic) bond motifs is 8. The van der Waals surface area contributed by atoms with Crippen molar-refractivity contribution in [2.24, 2.45) is 0 Å². The molecule has 0 saturated heterocycles. The monoisotopic (exact) mass is 1270 g/mol. The van der Waals surface area contributed by atoms with Gasteiger partial charge in [-0.25, -0.2) is 9.97 Å². The summed E-state index contributed by atoms with van der Waals surface area (Å²) in [6, 6.07) is 127. The van der Waals surface area contributed by atoms with Gasteiger partial charge in [0.25, 0.3) is 0 Å². The van der Waals surface area contributed by atoms with Crippen LogP contribution in [0.2, 0.25) is 0 Å². The molecule has 0 fully saturated rings. The lowest BCUT2D eigenvalue weighted by atomic mass is 9.89. The van der Waals surface area contributed by atoms with Gasteiger partial charge in [-0.05, 0) is 170 Å². The third-order valence-electron chi connectivity index (χ3n) is 19.3. The highest BCUT2D eigenvalue weighted by Gasteiger charge is 2.20. The summed E-state index contributed by atoms with van der Waals surface area (Å²) in [6.45, 7) is 2.06. The van der Waals surface area contributed by atoms with Gasteiger partial charge in [0.05, 0.1) is 22.1 Å². The van der Waals surface area contributed by atoms with E-state index in [1.807, 2.05) is 42.5 Å². The van der Waals surface area contributed by atoms with E-state index in [9.17, 15) is 0 Å². The fourth-order valence-electron chi connectivity index (χ4n) is 14.6. The van der Waals surface area contributed by atoms with Crippen molar-refractivity contribution in [2.45, 2.75) is 6.92 Å². The van der Waals surface area contributed by atoms with Crippen LogP contribution in [0.25, 0.3) is 178 Å². The van der Waals surface area contributed by atoms with Crippen LogP contribution in [-0.4, -0.2) is 19.1 Å². The lowest BCUT2D eigenvalue weighted by Gasteiger charge is -2.15. The molecule has 6 heteroatoms. The van der Waals surface area contributed by atoms with Gasteiger partial charge in [-0.15, -0.1) is 0 Å². The predicted molar refractivity (Wildman–Crippen MR) is 410 cm³/mol. The number of hydrogen-bond acceptors (Lipinski definition) is 4. The molecule has 0 N–H and O–H groups in total. The maximum Gasteiger partial charge on any atom is 0.227 e. The van der Waals surface area contributed by atoms with E-state index in [0.717, 1.165) is 72.5 Å². The molecule has 0 spiro atoms. The molecule has 4 heterocycles. The number of para-hydroxylation sites is 6. The van der Waals surface area contributed by atoms with Crippen LogP contribution in [0.5, 0.6) is 0 Å². The van der Waals surface area contributed by atoms with Gasteiger partial charge in [-0.2, -0.15) is 0 Å². The van der Waals surface area contributed by atoms with Crippen molar-refractivity contribution in [3.63, 3.8) is 0 Å². The molecule has 0 aliphatic rings. The minimum absolute atomic E-state index is 0.618. The normalized spacial score (nSPS) is 11.5. The van der Waals surface area contributed by atoms with Crippen molar-refractivity contribution < 1.29 is 8.83 Å². The first-order chi connectivity index (χ1) is 49.0. The second-order valence-electron chi connectivity index (χ2n) is 25.1. The van der Waals surface area contributed by atoms with Crippen molar-refractivity contribution >= 4 is 65.8 Å². The molecular weight excluding hydrogens is 1210 g/mol. The fraction of sp³-hybridized carbons (Fsp3) is 0.0108. The van der Waals surface area contributed by atoms with Crippen molar-refractivity contribution in [3.8, 4) is 112 Å². The maximum atomic E-state index is 6.28. The zero-order valence-corrected chi connectivity index (χ0v) is 54.2. The standard InChI is InChI=1S/C49H32N2O.C44H30N2O/c1-2-13-33(14-3-1)40-21-12-24-47-48(40)50-49(52-47)36-27-25-34(26-28-36)38-15-4-6-17-41(38)42-18-7-5-16-39(42)35-29-31-37(32-30-35)51-45-22-10-8-19-43(45)44-20-9-11-23-46(44)51;1-29-11-10-20-42-43(29)45-44(47-42)32-23-21-30(22-24-32)34-12-2-4-14-36(34)37-15-5-3-13-35(37)31-25-27-33(28-26-31)46-40-18-8-6-16-38(40)39-17-7-9-19-41(39)46/h1-32H;2-28H,1H3. The van der Waals surface area contributed by atoms with Crippen LogP contribution in [0.1, 0.15) is 5.56 Å². The Morgan fingerprint density at radius 3 is 0.859 bits per heavy atom. The summed E-state index contributed by atoms with van der Waals surface area (Å²) in [5, 5.41) is 5.07. The molecule has 4 aromatic heterocycles. The molecule has 15 aromatic carbocycles. The Morgan fingerprint density at radius 2 is 0.485 bits per heavy atom. The molecule has 0 aliphatic heterocycles. The van der Waals surface area contributed by atoms with E-state index in [4.69, 9.17) is 18.8 Å². The Labute approximate surface area is 572 Å². The van der Waals surface area contributed by atoms with Gasteiger partial charge in [0.15, 0.2) is 11.2 Å². The van der Waals surface area contributed by atoms with Gasteiger partial charge in [0.1, 0.15) is 11.0 Å². The highest BCUT2D eigenvalue weighted by Crippen LogP contribution is 2.43. The molecule has 0 unspecified atom stereocenters. The summed E-state index contributed by atoms with van der Waals surface area (Å²) >= 11 is 0. The molecule has 0 saturated carbocycles. The van der Waals surface area contributed by atoms with Crippen molar-refractivity contribution in [3.05, 3.63) is 363 Å². The number of oxazole rings is 2. The van der Waals surface area contributed by atoms with E-state index in [1.54, 1.807) is 0 Å². The number of aryl methyl sites for hydroxylation is 1. The average molecular weight is 1270 g/mol. The van der Waals surface area contributed by atoms with Gasteiger partial charge in [-0.1, -0.05) is 273 Å². The van der Waals surface area contributed by atoms with E-state index in [-0.39, 0.29) is 0 Å². The molecule has 0 atom stereocenters. The Balaban J connectivity index is 0.000000144. The van der Waals surface area contributed by atoms with E-state index >= 15 is 0 Å². The summed E-state index contributed by atoms with van der Waals surface area (Å²) in [5.74, 6) is 1.26. The second-order valence-corrected chi connectivity index (χ2v) is 25.1. The first kappa shape index (κ1) is 58.4. The SMILES string of the molecule is Cc1cccc2oc(-c3ccc(-c4ccccc4-c4ccccc4-c4ccc(-n5c6ccccc6c6ccccc65)cc4)cc3)nc12.c1ccc(-c2cccc3oc(-c4ccc(-c5ccccc5-c5ccccc5-c5ccc(-n6c7ccccc7c7ccccc76)cc5)cc4)nc23)cc1. The summed E-state index contributed by atoms with van der Waals surface area (Å²) in [4.78, 5) is 9.74. The lowest BCUT2D eigenvalue weighted by Crippen LogP contribution is -1.94. The van der Waals surface area contributed by atoms with E-state index in [2.05, 4.69) is 332 Å². The molecule has 99 heavy (non-hydrogen) atoms. The minimum atomic E-state index is 0.618. The molecule has 0 aliphatic carbocycles. The second kappa shape index (κ2) is 24.9. The van der Waals surface area contributed by atoms with Gasteiger partial charge >= 0.3 is 0 Å². The van der Waals surface area contributed by atoms with Crippen molar-refractivity contribution in [1.29, 1.82) is 0 Å². The number of hydrogen-bond donors (Lipinski definition) is 0. The van der Waals surface area contributed by atoms with Crippen molar-refractivity contribution in [1.82, 2.24) is 19.1 Å². The van der Waals surface area contributed by atoms with Crippen LogP contribution in [0, 0.1) is 6.92 Å². The highest BCUT2D eigenvalue weighted by atomic mass is 16.4. The Bertz CT molecular complexity index is 6110. The summed E-state index contributed by atoms with van der Waals surface area (Å²) in [7, 11) is 0. The summed E-state index contributed by atoms with van der Waals surface area (Å²) in [6.07, 6.45) is 0. The van der Waals surface area contributed by atoms with Gasteiger partial charge in [0.2, 0.25) is 11.8 Å². The smallest absolute Gasteiger partial charge is 0.227 e. The molecule has 19 rings (SSSR count). The number of benzene rings is 15. The van der Waals surface area contributed by atoms with Crippen molar-refractivity contribution in [2.75, 3.05) is 0 Å². The Morgan fingerprint density at radius 1 is 0.212 bits per heavy atom. The average Bonchev–Trinajstić information content (AvgIpc) is 1.68. The molecule has 19 aromatic rings. The van der Waals surface area contributed by atoms with E-state index in [1.165, 1.54) is 99.2 Å². The molecule has 0 amide bonds. The first-order valence-corrected chi connectivity index (χ1v) is 33.6. The largest absolute Gasteiger partial charge is 0.436 e. The van der Waals surface area contributed by atoms with Gasteiger partial charge < -0.3 is 18.0 Å². The van der Waals surface area contributed by atoms with Gasteiger partial charge in [-0.3, -0.25) is 0 Å². The van der Waals surface area contributed by atoms with Crippen LogP contribution in [0.4, 0.5) is 0 Å². The van der Waals surface area contributed by atoms with Crippen LogP contribution in [0.3, 0.4) is 0 Å². The third kappa shape index (κ3) is 10.6. The fourth-order valence-corrected chi connectivity index (χ4v) is 14.6. The van der Waals surface area contributed by atoms with Crippen LogP contribution in [0.15, 0.2) is 367 Å². The van der Waals surface area contributed by atoms with E-state index < -0.39 is 0 Å². The first-order valence-electron chi connectivity index (χ1n) is 33.6. The molecule has 466 valence electrons. The highest BCUT2D eigenvalue weighted by molar-refractivity contribution is 6.10. The minimum Gasteiger partial charge on any atom is -0.436 e. The van der Waals surface area contributed by atoms with Gasteiger partial charge in [0, 0.05) is 49.6 Å². The number of aromatic nitrogens is 4. The predicted octanol–water partition coefficient (Wildman–Crippen LogP) is 25.2. The number of nitrogens with zero attached hydrogens (tertiary/aromatic N) is 4. The molecule has 0 radical (unpaired) electrons. The van der Waals surface area contributed by atoms with E-state index in [0.29, 0.717) is 11.8 Å². The molecular formula is C93H62N4O2.